The van der Waals surface area contributed by atoms with Crippen molar-refractivity contribution in [3.05, 3.63) is 41.5 Å². The fraction of sp³-hybridized carbons (Fsp3) is 0.385. The molecule has 0 bridgehead atoms. The summed E-state index contributed by atoms with van der Waals surface area (Å²) in [4.78, 5) is 0. The monoisotopic (exact) mass is 307 g/mol. The molecule has 0 atom stereocenters. The number of alkyl halides is 3. The Morgan fingerprint density at radius 3 is 2.25 bits per heavy atom. The molecule has 2 N–H and O–H groups in total. The second-order valence-corrected chi connectivity index (χ2v) is 6.51. The Morgan fingerprint density at radius 1 is 1.15 bits per heavy atom. The van der Waals surface area contributed by atoms with Crippen molar-refractivity contribution in [2.75, 3.05) is 18.1 Å². The van der Waals surface area contributed by atoms with Crippen molar-refractivity contribution >= 4 is 15.9 Å². The number of hydrogen-bond donors (Lipinski definition) is 1. The summed E-state index contributed by atoms with van der Waals surface area (Å²) < 4.78 is 60.0. The second kappa shape index (κ2) is 6.90. The molecule has 0 aliphatic rings. The highest BCUT2D eigenvalue weighted by Gasteiger charge is 2.29. The van der Waals surface area contributed by atoms with Crippen LogP contribution in [0.1, 0.15) is 17.5 Å². The average Bonchev–Trinajstić information content (AvgIpc) is 2.36. The summed E-state index contributed by atoms with van der Waals surface area (Å²) in [7, 11) is -3.19. The lowest BCUT2D eigenvalue weighted by atomic mass is 10.1. The van der Waals surface area contributed by atoms with Gasteiger partial charge in [-0.3, -0.25) is 0 Å². The number of nitrogens with two attached hydrogens (primary N) is 1. The van der Waals surface area contributed by atoms with Crippen LogP contribution in [0.2, 0.25) is 0 Å². The Labute approximate surface area is 116 Å². The average molecular weight is 307 g/mol. The third kappa shape index (κ3) is 5.75. The fourth-order valence-electron chi connectivity index (χ4n) is 1.50. The predicted octanol–water partition coefficient (Wildman–Crippen LogP) is 2.48. The van der Waals surface area contributed by atoms with Crippen LogP contribution in [0.3, 0.4) is 0 Å². The van der Waals surface area contributed by atoms with E-state index in [0.29, 0.717) is 18.5 Å². The van der Waals surface area contributed by atoms with Gasteiger partial charge in [0.1, 0.15) is 0 Å². The SMILES string of the molecule is NCCCS(=O)(=O)C/C=C/c1ccc(C(F)(F)F)cc1. The summed E-state index contributed by atoms with van der Waals surface area (Å²) >= 11 is 0. The van der Waals surface area contributed by atoms with Crippen molar-refractivity contribution < 1.29 is 21.6 Å². The molecule has 0 saturated carbocycles. The molecule has 7 heteroatoms. The van der Waals surface area contributed by atoms with Crippen molar-refractivity contribution in [2.24, 2.45) is 5.73 Å². The van der Waals surface area contributed by atoms with Crippen LogP contribution in [0.15, 0.2) is 30.3 Å². The Balaban J connectivity index is 2.63. The summed E-state index contributed by atoms with van der Waals surface area (Å²) in [5.41, 5.74) is 5.02. The highest BCUT2D eigenvalue weighted by molar-refractivity contribution is 7.91. The second-order valence-electron chi connectivity index (χ2n) is 4.28. The van der Waals surface area contributed by atoms with Crippen LogP contribution in [0, 0.1) is 0 Å². The van der Waals surface area contributed by atoms with Gasteiger partial charge in [0.15, 0.2) is 9.84 Å². The van der Waals surface area contributed by atoms with Gasteiger partial charge in [-0.25, -0.2) is 8.42 Å². The Morgan fingerprint density at radius 2 is 1.75 bits per heavy atom. The molecule has 1 aromatic carbocycles. The van der Waals surface area contributed by atoms with Gasteiger partial charge >= 0.3 is 6.18 Å². The summed E-state index contributed by atoms with van der Waals surface area (Å²) in [6.45, 7) is 0.307. The van der Waals surface area contributed by atoms with Crippen LogP contribution in [-0.2, 0) is 16.0 Å². The van der Waals surface area contributed by atoms with Crippen molar-refractivity contribution in [3.63, 3.8) is 0 Å². The first-order valence-electron chi connectivity index (χ1n) is 5.99. The lowest BCUT2D eigenvalue weighted by Crippen LogP contribution is -2.13. The quantitative estimate of drug-likeness (QED) is 0.878. The Kier molecular flexibility index (Phi) is 5.76. The largest absolute Gasteiger partial charge is 0.416 e. The smallest absolute Gasteiger partial charge is 0.330 e. The molecule has 0 unspecified atom stereocenters. The molecule has 0 fully saturated rings. The van der Waals surface area contributed by atoms with Crippen molar-refractivity contribution in [1.29, 1.82) is 0 Å². The number of sulfone groups is 1. The molecule has 3 nitrogen and oxygen atoms in total. The highest BCUT2D eigenvalue weighted by Crippen LogP contribution is 2.29. The maximum absolute atomic E-state index is 12.3. The van der Waals surface area contributed by atoms with Gasteiger partial charge in [0, 0.05) is 0 Å². The topological polar surface area (TPSA) is 60.2 Å². The van der Waals surface area contributed by atoms with E-state index in [9.17, 15) is 21.6 Å². The van der Waals surface area contributed by atoms with Crippen LogP contribution in [0.4, 0.5) is 13.2 Å². The predicted molar refractivity (Wildman–Crippen MR) is 72.8 cm³/mol. The van der Waals surface area contributed by atoms with E-state index in [1.807, 2.05) is 0 Å². The fourth-order valence-corrected chi connectivity index (χ4v) is 2.66. The first kappa shape index (κ1) is 16.7. The van der Waals surface area contributed by atoms with Crippen molar-refractivity contribution in [2.45, 2.75) is 12.6 Å². The first-order chi connectivity index (χ1) is 9.24. The maximum Gasteiger partial charge on any atom is 0.416 e. The maximum atomic E-state index is 12.3. The number of rotatable bonds is 6. The molecule has 0 aromatic heterocycles. The highest BCUT2D eigenvalue weighted by atomic mass is 32.2. The molecule has 20 heavy (non-hydrogen) atoms. The van der Waals surface area contributed by atoms with Gasteiger partial charge in [0.25, 0.3) is 0 Å². The molecule has 0 spiro atoms. The zero-order valence-corrected chi connectivity index (χ0v) is 11.5. The van der Waals surface area contributed by atoms with Crippen LogP contribution in [0.25, 0.3) is 6.08 Å². The Hall–Kier alpha value is -1.34. The number of hydrogen-bond acceptors (Lipinski definition) is 3. The molecule has 112 valence electrons. The molecule has 1 rings (SSSR count). The Bertz CT molecular complexity index is 548. The third-order valence-corrected chi connectivity index (χ3v) is 4.17. The van der Waals surface area contributed by atoms with Gasteiger partial charge in [0.05, 0.1) is 17.1 Å². The van der Waals surface area contributed by atoms with Gasteiger partial charge in [-0.1, -0.05) is 24.3 Å². The summed E-state index contributed by atoms with van der Waals surface area (Å²) in [5.74, 6) is -0.130. The first-order valence-corrected chi connectivity index (χ1v) is 7.81. The molecular formula is C13H16F3NO2S. The van der Waals surface area contributed by atoms with E-state index in [4.69, 9.17) is 5.73 Å². The van der Waals surface area contributed by atoms with Crippen LogP contribution >= 0.6 is 0 Å². The van der Waals surface area contributed by atoms with Crippen LogP contribution in [0.5, 0.6) is 0 Å². The minimum atomic E-state index is -4.37. The molecule has 0 aliphatic heterocycles. The van der Waals surface area contributed by atoms with E-state index in [1.54, 1.807) is 0 Å². The zero-order valence-electron chi connectivity index (χ0n) is 10.7. The van der Waals surface area contributed by atoms with E-state index in [1.165, 1.54) is 24.3 Å². The molecule has 0 saturated heterocycles. The van der Waals surface area contributed by atoms with Crippen LogP contribution in [-0.4, -0.2) is 26.5 Å². The molecular weight excluding hydrogens is 291 g/mol. The third-order valence-electron chi connectivity index (χ3n) is 2.56. The zero-order chi connectivity index (χ0) is 15.2. The van der Waals surface area contributed by atoms with Gasteiger partial charge in [-0.15, -0.1) is 0 Å². The minimum Gasteiger partial charge on any atom is -0.330 e. The lowest BCUT2D eigenvalue weighted by molar-refractivity contribution is -0.137. The van der Waals surface area contributed by atoms with Crippen molar-refractivity contribution in [3.8, 4) is 0 Å². The molecule has 1 aromatic rings. The minimum absolute atomic E-state index is 0.0147. The summed E-state index contributed by atoms with van der Waals surface area (Å²) in [5, 5.41) is 0. The molecule has 0 heterocycles. The van der Waals surface area contributed by atoms with Gasteiger partial charge in [-0.2, -0.15) is 13.2 Å². The van der Waals surface area contributed by atoms with Crippen LogP contribution < -0.4 is 5.73 Å². The summed E-state index contributed by atoms with van der Waals surface area (Å²) in [6, 6.07) is 4.52. The van der Waals surface area contributed by atoms with Crippen molar-refractivity contribution in [1.82, 2.24) is 0 Å². The molecule has 0 aliphatic carbocycles. The van der Waals surface area contributed by atoms with Gasteiger partial charge < -0.3 is 5.73 Å². The van der Waals surface area contributed by atoms with E-state index < -0.39 is 21.6 Å². The van der Waals surface area contributed by atoms with Gasteiger partial charge in [0.2, 0.25) is 0 Å². The number of benzene rings is 1. The molecule has 0 radical (unpaired) electrons. The van der Waals surface area contributed by atoms with Gasteiger partial charge in [-0.05, 0) is 30.7 Å². The number of halogens is 3. The normalized spacial score (nSPS) is 13.0. The standard InChI is InChI=1S/C13H16F3NO2S/c14-13(15,16)12-6-4-11(5-7-12)3-1-9-20(18,19)10-2-8-17/h1,3-7H,2,8-10,17H2/b3-1+. The van der Waals surface area contributed by atoms with E-state index in [2.05, 4.69) is 0 Å². The van der Waals surface area contributed by atoms with E-state index >= 15 is 0 Å². The lowest BCUT2D eigenvalue weighted by Gasteiger charge is -2.05. The van der Waals surface area contributed by atoms with E-state index in [-0.39, 0.29) is 11.5 Å². The molecule has 0 amide bonds. The van der Waals surface area contributed by atoms with E-state index in [0.717, 1.165) is 12.1 Å². The summed E-state index contributed by atoms with van der Waals surface area (Å²) in [6.07, 6.45) is -1.06.